The summed E-state index contributed by atoms with van der Waals surface area (Å²) in [5.41, 5.74) is 6.04. The van der Waals surface area contributed by atoms with Gasteiger partial charge in [0.2, 0.25) is 0 Å². The van der Waals surface area contributed by atoms with Crippen LogP contribution < -0.4 is 5.73 Å². The van der Waals surface area contributed by atoms with E-state index in [2.05, 4.69) is 6.92 Å². The van der Waals surface area contributed by atoms with E-state index < -0.39 is 0 Å². The number of carbonyl (C=O) groups is 1. The smallest absolute Gasteiger partial charge is 0.302 e. The zero-order chi connectivity index (χ0) is 18.0. The van der Waals surface area contributed by atoms with Gasteiger partial charge in [-0.15, -0.1) is 0 Å². The maximum atomic E-state index is 11.1. The van der Waals surface area contributed by atoms with Crippen LogP contribution in [0.1, 0.15) is 117 Å². The molecule has 0 bridgehead atoms. The standard InChI is InChI=1S/C21H43NO2/c1-4-6-7-8-9-10-11-12-13-14-15-16-17-18-21(20(22)5-2)24-19(3)23/h20-21H,4-18,22H2,1-3H3/t20-,21+/m0/s1. The van der Waals surface area contributed by atoms with Gasteiger partial charge in [0.05, 0.1) is 0 Å². The fraction of sp³-hybridized carbons (Fsp3) is 0.952. The van der Waals surface area contributed by atoms with Gasteiger partial charge in [0.25, 0.3) is 0 Å². The first-order chi connectivity index (χ1) is 11.6. The van der Waals surface area contributed by atoms with Crippen molar-refractivity contribution in [2.45, 2.75) is 129 Å². The molecular formula is C21H43NO2. The Labute approximate surface area is 151 Å². The van der Waals surface area contributed by atoms with Crippen LogP contribution in [0.3, 0.4) is 0 Å². The largest absolute Gasteiger partial charge is 0.461 e. The molecule has 0 saturated carbocycles. The predicted molar refractivity (Wildman–Crippen MR) is 104 cm³/mol. The molecule has 0 heterocycles. The highest BCUT2D eigenvalue weighted by atomic mass is 16.5. The molecule has 0 aromatic carbocycles. The van der Waals surface area contributed by atoms with Crippen molar-refractivity contribution in [3.05, 3.63) is 0 Å². The van der Waals surface area contributed by atoms with E-state index in [1.165, 1.54) is 84.0 Å². The summed E-state index contributed by atoms with van der Waals surface area (Å²) in [7, 11) is 0. The van der Waals surface area contributed by atoms with Crippen molar-refractivity contribution in [2.75, 3.05) is 0 Å². The summed E-state index contributed by atoms with van der Waals surface area (Å²) in [6, 6.07) is -0.0220. The lowest BCUT2D eigenvalue weighted by molar-refractivity contribution is -0.147. The van der Waals surface area contributed by atoms with Gasteiger partial charge in [-0.2, -0.15) is 0 Å². The summed E-state index contributed by atoms with van der Waals surface area (Å²) in [6.45, 7) is 5.79. The quantitative estimate of drug-likeness (QED) is 0.255. The van der Waals surface area contributed by atoms with Gasteiger partial charge in [-0.25, -0.2) is 0 Å². The Morgan fingerprint density at radius 3 is 1.58 bits per heavy atom. The molecule has 0 unspecified atom stereocenters. The molecule has 0 amide bonds. The van der Waals surface area contributed by atoms with E-state index in [4.69, 9.17) is 10.5 Å². The summed E-state index contributed by atoms with van der Waals surface area (Å²) < 4.78 is 5.35. The second-order valence-corrected chi connectivity index (χ2v) is 7.25. The molecule has 0 aliphatic heterocycles. The summed E-state index contributed by atoms with van der Waals surface area (Å²) >= 11 is 0. The fourth-order valence-corrected chi connectivity index (χ4v) is 3.20. The summed E-state index contributed by atoms with van der Waals surface area (Å²) in [4.78, 5) is 11.1. The topological polar surface area (TPSA) is 52.3 Å². The second kappa shape index (κ2) is 17.3. The lowest BCUT2D eigenvalue weighted by Crippen LogP contribution is -2.37. The number of unbranched alkanes of at least 4 members (excludes halogenated alkanes) is 12. The Hall–Kier alpha value is -0.570. The molecule has 0 spiro atoms. The van der Waals surface area contributed by atoms with E-state index in [0.29, 0.717) is 0 Å². The van der Waals surface area contributed by atoms with Crippen molar-refractivity contribution in [1.29, 1.82) is 0 Å². The molecule has 0 rings (SSSR count). The van der Waals surface area contributed by atoms with Crippen LogP contribution in [0, 0.1) is 0 Å². The maximum absolute atomic E-state index is 11.1. The molecule has 144 valence electrons. The highest BCUT2D eigenvalue weighted by Crippen LogP contribution is 2.15. The molecule has 0 saturated heterocycles. The van der Waals surface area contributed by atoms with Gasteiger partial charge < -0.3 is 10.5 Å². The number of hydrogen-bond acceptors (Lipinski definition) is 3. The molecule has 0 radical (unpaired) electrons. The van der Waals surface area contributed by atoms with Crippen molar-refractivity contribution in [3.63, 3.8) is 0 Å². The van der Waals surface area contributed by atoms with Gasteiger partial charge in [0, 0.05) is 13.0 Å². The zero-order valence-electron chi connectivity index (χ0n) is 16.7. The molecule has 0 aromatic heterocycles. The van der Waals surface area contributed by atoms with Crippen LogP contribution in [0.4, 0.5) is 0 Å². The summed E-state index contributed by atoms with van der Waals surface area (Å²) in [5.74, 6) is -0.210. The Bertz CT molecular complexity index is 281. The first-order valence-corrected chi connectivity index (χ1v) is 10.5. The molecule has 0 aromatic rings. The van der Waals surface area contributed by atoms with Gasteiger partial charge in [-0.05, 0) is 19.3 Å². The average molecular weight is 342 g/mol. The van der Waals surface area contributed by atoms with E-state index >= 15 is 0 Å². The van der Waals surface area contributed by atoms with Crippen molar-refractivity contribution >= 4 is 5.97 Å². The van der Waals surface area contributed by atoms with Gasteiger partial charge in [0.15, 0.2) is 0 Å². The molecule has 24 heavy (non-hydrogen) atoms. The van der Waals surface area contributed by atoms with Crippen molar-refractivity contribution < 1.29 is 9.53 Å². The van der Waals surface area contributed by atoms with E-state index in [1.54, 1.807) is 0 Å². The SMILES string of the molecule is CCCCCCCCCCCCCCC[C@@H](OC(C)=O)[C@@H](N)CC. The maximum Gasteiger partial charge on any atom is 0.302 e. The normalized spacial score (nSPS) is 13.7. The number of nitrogens with two attached hydrogens (primary N) is 1. The fourth-order valence-electron chi connectivity index (χ4n) is 3.20. The van der Waals surface area contributed by atoms with Crippen LogP contribution in [0.25, 0.3) is 0 Å². The average Bonchev–Trinajstić information content (AvgIpc) is 2.56. The monoisotopic (exact) mass is 341 g/mol. The van der Waals surface area contributed by atoms with Gasteiger partial charge >= 0.3 is 5.97 Å². The van der Waals surface area contributed by atoms with Crippen molar-refractivity contribution in [2.24, 2.45) is 5.73 Å². The van der Waals surface area contributed by atoms with Crippen molar-refractivity contribution in [3.8, 4) is 0 Å². The third-order valence-electron chi connectivity index (χ3n) is 4.86. The third kappa shape index (κ3) is 15.0. The lowest BCUT2D eigenvalue weighted by Gasteiger charge is -2.22. The van der Waals surface area contributed by atoms with Crippen LogP contribution in [0.5, 0.6) is 0 Å². The number of esters is 1. The van der Waals surface area contributed by atoms with Gasteiger partial charge in [-0.1, -0.05) is 90.9 Å². The Kier molecular flexibility index (Phi) is 16.8. The first-order valence-electron chi connectivity index (χ1n) is 10.5. The summed E-state index contributed by atoms with van der Waals surface area (Å²) in [5, 5.41) is 0. The zero-order valence-corrected chi connectivity index (χ0v) is 16.7. The summed E-state index contributed by atoms with van der Waals surface area (Å²) in [6.07, 6.45) is 19.3. The van der Waals surface area contributed by atoms with Gasteiger partial charge in [0.1, 0.15) is 6.10 Å². The van der Waals surface area contributed by atoms with Crippen LogP contribution in [-0.4, -0.2) is 18.1 Å². The number of rotatable bonds is 17. The molecule has 2 N–H and O–H groups in total. The minimum absolute atomic E-state index is 0.0220. The van der Waals surface area contributed by atoms with Crippen LogP contribution in [-0.2, 0) is 9.53 Å². The highest BCUT2D eigenvalue weighted by Gasteiger charge is 2.18. The minimum atomic E-state index is -0.210. The molecule has 2 atom stereocenters. The molecule has 3 nitrogen and oxygen atoms in total. The Morgan fingerprint density at radius 2 is 1.21 bits per heavy atom. The molecular weight excluding hydrogens is 298 g/mol. The highest BCUT2D eigenvalue weighted by molar-refractivity contribution is 5.66. The van der Waals surface area contributed by atoms with E-state index in [0.717, 1.165) is 19.3 Å². The molecule has 0 fully saturated rings. The van der Waals surface area contributed by atoms with Crippen LogP contribution in [0.15, 0.2) is 0 Å². The lowest BCUT2D eigenvalue weighted by atomic mass is 10.0. The first kappa shape index (κ1) is 23.4. The van der Waals surface area contributed by atoms with Crippen LogP contribution in [0.2, 0.25) is 0 Å². The third-order valence-corrected chi connectivity index (χ3v) is 4.86. The number of hydrogen-bond donors (Lipinski definition) is 1. The Balaban J connectivity index is 3.41. The van der Waals surface area contributed by atoms with Crippen molar-refractivity contribution in [1.82, 2.24) is 0 Å². The second-order valence-electron chi connectivity index (χ2n) is 7.25. The van der Waals surface area contributed by atoms with E-state index in [9.17, 15) is 4.79 Å². The molecule has 3 heteroatoms. The van der Waals surface area contributed by atoms with E-state index in [1.807, 2.05) is 6.92 Å². The number of ether oxygens (including phenoxy) is 1. The molecule has 0 aliphatic rings. The van der Waals surface area contributed by atoms with Gasteiger partial charge in [-0.3, -0.25) is 4.79 Å². The van der Waals surface area contributed by atoms with E-state index in [-0.39, 0.29) is 18.1 Å². The van der Waals surface area contributed by atoms with Crippen LogP contribution >= 0.6 is 0 Å². The number of carbonyl (C=O) groups excluding carboxylic acids is 1. The minimum Gasteiger partial charge on any atom is -0.461 e. The Morgan fingerprint density at radius 1 is 0.792 bits per heavy atom. The molecule has 0 aliphatic carbocycles. The predicted octanol–water partition coefficient (Wildman–Crippen LogP) is 6.14.